The van der Waals surface area contributed by atoms with Crippen LogP contribution in [0.1, 0.15) is 30.1 Å². The van der Waals surface area contributed by atoms with Gasteiger partial charge < -0.3 is 20.1 Å². The molecule has 6 nitrogen and oxygen atoms in total. The van der Waals surface area contributed by atoms with E-state index in [9.17, 15) is 9.59 Å². The maximum absolute atomic E-state index is 12.5. The van der Waals surface area contributed by atoms with Gasteiger partial charge in [0.15, 0.2) is 0 Å². The van der Waals surface area contributed by atoms with E-state index in [2.05, 4.69) is 17.6 Å². The van der Waals surface area contributed by atoms with Crippen LogP contribution in [0.4, 0.5) is 11.4 Å². The highest BCUT2D eigenvalue weighted by molar-refractivity contribution is 8.00. The number of ether oxygens (including phenoxy) is 2. The summed E-state index contributed by atoms with van der Waals surface area (Å²) in [4.78, 5) is 25.7. The van der Waals surface area contributed by atoms with Gasteiger partial charge in [0.2, 0.25) is 5.91 Å². The van der Waals surface area contributed by atoms with Gasteiger partial charge in [-0.1, -0.05) is 25.5 Å². The lowest BCUT2D eigenvalue weighted by Gasteiger charge is -2.09. The number of hydrogen-bond acceptors (Lipinski definition) is 5. The molecule has 2 N–H and O–H groups in total. The fourth-order valence-corrected chi connectivity index (χ4v) is 3.70. The molecule has 0 saturated heterocycles. The van der Waals surface area contributed by atoms with Gasteiger partial charge in [0.05, 0.1) is 19.5 Å². The molecule has 0 aliphatic rings. The van der Waals surface area contributed by atoms with Crippen LogP contribution in [0.3, 0.4) is 0 Å². The van der Waals surface area contributed by atoms with Crippen molar-refractivity contribution in [3.05, 3.63) is 78.4 Å². The minimum atomic E-state index is -0.226. The van der Waals surface area contributed by atoms with Crippen LogP contribution >= 0.6 is 11.8 Å². The van der Waals surface area contributed by atoms with Gasteiger partial charge in [0, 0.05) is 21.8 Å². The van der Waals surface area contributed by atoms with E-state index in [-0.39, 0.29) is 17.6 Å². The van der Waals surface area contributed by atoms with Crippen LogP contribution in [-0.2, 0) is 4.79 Å². The summed E-state index contributed by atoms with van der Waals surface area (Å²) in [5.74, 6) is 1.34. The maximum atomic E-state index is 12.5. The number of methoxy groups -OCH3 is 1. The van der Waals surface area contributed by atoms with Gasteiger partial charge >= 0.3 is 0 Å². The van der Waals surface area contributed by atoms with Crippen LogP contribution in [0.5, 0.6) is 11.5 Å². The summed E-state index contributed by atoms with van der Waals surface area (Å²) < 4.78 is 10.8. The zero-order valence-electron chi connectivity index (χ0n) is 18.8. The zero-order chi connectivity index (χ0) is 23.5. The van der Waals surface area contributed by atoms with Gasteiger partial charge in [0.1, 0.15) is 11.5 Å². The van der Waals surface area contributed by atoms with Crippen molar-refractivity contribution in [3.8, 4) is 11.5 Å². The molecule has 0 radical (unpaired) electrons. The number of carbonyl (C=O) groups excluding carboxylic acids is 2. The average Bonchev–Trinajstić information content (AvgIpc) is 2.84. The predicted molar refractivity (Wildman–Crippen MR) is 134 cm³/mol. The van der Waals surface area contributed by atoms with E-state index in [1.54, 1.807) is 31.4 Å². The summed E-state index contributed by atoms with van der Waals surface area (Å²) in [6.45, 7) is 2.81. The Kier molecular flexibility index (Phi) is 9.20. The molecule has 0 bridgehead atoms. The van der Waals surface area contributed by atoms with Crippen LogP contribution in [0, 0.1) is 0 Å². The van der Waals surface area contributed by atoms with Crippen molar-refractivity contribution in [2.24, 2.45) is 0 Å². The molecule has 0 heterocycles. The first-order chi connectivity index (χ1) is 16.1. The molecule has 0 aliphatic heterocycles. The van der Waals surface area contributed by atoms with Gasteiger partial charge in [-0.15, -0.1) is 11.8 Å². The van der Waals surface area contributed by atoms with Crippen molar-refractivity contribution in [1.82, 2.24) is 0 Å². The number of hydrogen-bond donors (Lipinski definition) is 2. The fourth-order valence-electron chi connectivity index (χ4n) is 2.95. The van der Waals surface area contributed by atoms with E-state index < -0.39 is 0 Å². The lowest BCUT2D eigenvalue weighted by atomic mass is 10.2. The predicted octanol–water partition coefficient (Wildman–Crippen LogP) is 5.86. The molecule has 33 heavy (non-hydrogen) atoms. The van der Waals surface area contributed by atoms with Crippen molar-refractivity contribution < 1.29 is 19.1 Å². The quantitative estimate of drug-likeness (QED) is 0.275. The molecule has 2 amide bonds. The highest BCUT2D eigenvalue weighted by Crippen LogP contribution is 2.23. The zero-order valence-corrected chi connectivity index (χ0v) is 19.6. The first kappa shape index (κ1) is 24.2. The molecule has 0 aromatic heterocycles. The number of carbonyl (C=O) groups is 2. The first-order valence-corrected chi connectivity index (χ1v) is 11.8. The van der Waals surface area contributed by atoms with E-state index in [1.165, 1.54) is 11.8 Å². The normalized spacial score (nSPS) is 10.4. The highest BCUT2D eigenvalue weighted by atomic mass is 32.2. The van der Waals surface area contributed by atoms with Gasteiger partial charge in [0.25, 0.3) is 5.91 Å². The monoisotopic (exact) mass is 464 g/mol. The van der Waals surface area contributed by atoms with Crippen molar-refractivity contribution in [1.29, 1.82) is 0 Å². The molecular formula is C26H28N2O4S. The van der Waals surface area contributed by atoms with Gasteiger partial charge in [-0.2, -0.15) is 0 Å². The number of unbranched alkanes of at least 4 members (excludes halogenated alkanes) is 1. The Morgan fingerprint density at radius 3 is 2.42 bits per heavy atom. The Hall–Kier alpha value is -3.45. The third-order valence-corrected chi connectivity index (χ3v) is 5.69. The van der Waals surface area contributed by atoms with E-state index in [0.717, 1.165) is 29.2 Å². The molecular weight excluding hydrogens is 436 g/mol. The lowest BCUT2D eigenvalue weighted by Crippen LogP contribution is -2.14. The molecule has 0 saturated carbocycles. The van der Waals surface area contributed by atoms with E-state index >= 15 is 0 Å². The van der Waals surface area contributed by atoms with Gasteiger partial charge in [-0.25, -0.2) is 0 Å². The second-order valence-corrected chi connectivity index (χ2v) is 8.33. The molecule has 0 unspecified atom stereocenters. The second kappa shape index (κ2) is 12.6. The molecule has 0 spiro atoms. The van der Waals surface area contributed by atoms with Gasteiger partial charge in [-0.3, -0.25) is 9.59 Å². The van der Waals surface area contributed by atoms with Crippen LogP contribution in [0.2, 0.25) is 0 Å². The number of rotatable bonds is 11. The number of thioether (sulfide) groups is 1. The van der Waals surface area contributed by atoms with E-state index in [4.69, 9.17) is 9.47 Å². The SMILES string of the molecule is CCCCOc1ccc(NC(=O)CSc2cccc(NC(=O)c3cccc(OC)c3)c2)cc1. The maximum Gasteiger partial charge on any atom is 0.255 e. The largest absolute Gasteiger partial charge is 0.497 e. The Balaban J connectivity index is 1.49. The van der Waals surface area contributed by atoms with Crippen molar-refractivity contribution in [2.45, 2.75) is 24.7 Å². The van der Waals surface area contributed by atoms with Gasteiger partial charge in [-0.05, 0) is 67.1 Å². The van der Waals surface area contributed by atoms with Crippen LogP contribution < -0.4 is 20.1 Å². The first-order valence-electron chi connectivity index (χ1n) is 10.8. The minimum Gasteiger partial charge on any atom is -0.497 e. The summed E-state index contributed by atoms with van der Waals surface area (Å²) in [6.07, 6.45) is 2.10. The lowest BCUT2D eigenvalue weighted by molar-refractivity contribution is -0.113. The van der Waals surface area contributed by atoms with Crippen LogP contribution in [-0.4, -0.2) is 31.3 Å². The molecule has 0 fully saturated rings. The number of benzene rings is 3. The summed E-state index contributed by atoms with van der Waals surface area (Å²) in [7, 11) is 1.56. The Morgan fingerprint density at radius 2 is 1.67 bits per heavy atom. The third-order valence-electron chi connectivity index (χ3n) is 4.70. The summed E-state index contributed by atoms with van der Waals surface area (Å²) in [5, 5.41) is 5.77. The summed E-state index contributed by atoms with van der Waals surface area (Å²) in [6, 6.07) is 21.7. The molecule has 172 valence electrons. The number of anilines is 2. The van der Waals surface area contributed by atoms with E-state index in [0.29, 0.717) is 23.6 Å². The topological polar surface area (TPSA) is 76.7 Å². The summed E-state index contributed by atoms with van der Waals surface area (Å²) in [5.41, 5.74) is 1.89. The van der Waals surface area contributed by atoms with Crippen molar-refractivity contribution in [2.75, 3.05) is 30.1 Å². The molecule has 0 atom stereocenters. The smallest absolute Gasteiger partial charge is 0.255 e. The number of amides is 2. The van der Waals surface area contributed by atoms with E-state index in [1.807, 2.05) is 48.5 Å². The fraction of sp³-hybridized carbons (Fsp3) is 0.231. The minimum absolute atomic E-state index is 0.106. The third kappa shape index (κ3) is 7.88. The van der Waals surface area contributed by atoms with Crippen molar-refractivity contribution in [3.63, 3.8) is 0 Å². The Labute approximate surface area is 198 Å². The molecule has 3 rings (SSSR count). The van der Waals surface area contributed by atoms with Crippen LogP contribution in [0.25, 0.3) is 0 Å². The highest BCUT2D eigenvalue weighted by Gasteiger charge is 2.09. The summed E-state index contributed by atoms with van der Waals surface area (Å²) >= 11 is 1.40. The Morgan fingerprint density at radius 1 is 0.879 bits per heavy atom. The van der Waals surface area contributed by atoms with Crippen molar-refractivity contribution >= 4 is 35.0 Å². The second-order valence-electron chi connectivity index (χ2n) is 7.28. The molecule has 3 aromatic rings. The molecule has 0 aliphatic carbocycles. The van der Waals surface area contributed by atoms with Crippen LogP contribution in [0.15, 0.2) is 77.7 Å². The average molecular weight is 465 g/mol. The number of nitrogens with one attached hydrogen (secondary N) is 2. The standard InChI is InChI=1S/C26H28N2O4S/c1-3-4-15-32-22-13-11-20(12-14-22)27-25(29)18-33-24-10-6-8-21(17-24)28-26(30)19-7-5-9-23(16-19)31-2/h5-14,16-17H,3-4,15,18H2,1-2H3,(H,27,29)(H,28,30). The molecule has 3 aromatic carbocycles. The molecule has 7 heteroatoms. The Bertz CT molecular complexity index is 1070.